The van der Waals surface area contributed by atoms with Gasteiger partial charge in [-0.15, -0.1) is 0 Å². The van der Waals surface area contributed by atoms with Crippen LogP contribution < -0.4 is 0 Å². The molecule has 0 aromatic rings. The van der Waals surface area contributed by atoms with E-state index in [0.717, 1.165) is 12.3 Å². The summed E-state index contributed by atoms with van der Waals surface area (Å²) < 4.78 is 0. The van der Waals surface area contributed by atoms with E-state index in [1.807, 2.05) is 0 Å². The highest BCUT2D eigenvalue weighted by Gasteiger charge is 2.13. The summed E-state index contributed by atoms with van der Waals surface area (Å²) >= 11 is 0. The molecule has 1 aliphatic carbocycles. The van der Waals surface area contributed by atoms with Crippen LogP contribution in [0.5, 0.6) is 0 Å². The van der Waals surface area contributed by atoms with Crippen LogP contribution in [0.4, 0.5) is 0 Å². The highest BCUT2D eigenvalue weighted by Crippen LogP contribution is 2.28. The van der Waals surface area contributed by atoms with Crippen molar-refractivity contribution < 1.29 is 0 Å². The van der Waals surface area contributed by atoms with Crippen molar-refractivity contribution in [2.75, 3.05) is 0 Å². The first-order chi connectivity index (χ1) is 7.86. The summed E-state index contributed by atoms with van der Waals surface area (Å²) in [6.07, 6.45) is 14.9. The normalized spacial score (nSPS) is 17.6. The summed E-state index contributed by atoms with van der Waals surface area (Å²) in [6.45, 7) is 2.24. The second kappa shape index (κ2) is 8.39. The van der Waals surface area contributed by atoms with Crippen molar-refractivity contribution >= 4 is 0 Å². The Hall–Kier alpha value is -0.770. The summed E-state index contributed by atoms with van der Waals surface area (Å²) in [5.74, 6) is 0.787. The standard InChI is InChI=1S/C15H25N/c1-2-3-4-5-8-15(11-12-16)13-14-9-6-7-10-14/h13-14H,2-11H2,1H3/b15-13-. The summed E-state index contributed by atoms with van der Waals surface area (Å²) in [7, 11) is 0. The van der Waals surface area contributed by atoms with Gasteiger partial charge in [0.05, 0.1) is 12.5 Å². The molecule has 0 bridgehead atoms. The highest BCUT2D eigenvalue weighted by molar-refractivity contribution is 5.10. The first kappa shape index (κ1) is 13.3. The SMILES string of the molecule is CCCCCC/C(=C/C1CCCC1)CC#N. The lowest BCUT2D eigenvalue weighted by Gasteiger charge is -2.07. The van der Waals surface area contributed by atoms with Gasteiger partial charge in [0.1, 0.15) is 0 Å². The van der Waals surface area contributed by atoms with Crippen LogP contribution in [0, 0.1) is 17.2 Å². The number of allylic oxidation sites excluding steroid dienone is 2. The number of hydrogen-bond donors (Lipinski definition) is 0. The average Bonchev–Trinajstić information content (AvgIpc) is 2.77. The molecule has 1 nitrogen and oxygen atoms in total. The number of nitriles is 1. The van der Waals surface area contributed by atoms with Gasteiger partial charge in [-0.3, -0.25) is 0 Å². The molecule has 1 heteroatoms. The smallest absolute Gasteiger partial charge is 0.0666 e. The van der Waals surface area contributed by atoms with Gasteiger partial charge in [0.25, 0.3) is 0 Å². The summed E-state index contributed by atoms with van der Waals surface area (Å²) in [6, 6.07) is 2.31. The van der Waals surface area contributed by atoms with Gasteiger partial charge in [-0.05, 0) is 31.6 Å². The molecule has 0 spiro atoms. The topological polar surface area (TPSA) is 23.8 Å². The molecule has 1 aliphatic rings. The van der Waals surface area contributed by atoms with Crippen molar-refractivity contribution in [1.29, 1.82) is 5.26 Å². The maximum Gasteiger partial charge on any atom is 0.0666 e. The van der Waals surface area contributed by atoms with Gasteiger partial charge in [-0.1, -0.05) is 50.7 Å². The molecule has 1 saturated carbocycles. The minimum atomic E-state index is 0.655. The van der Waals surface area contributed by atoms with Crippen molar-refractivity contribution in [3.05, 3.63) is 11.6 Å². The molecule has 1 fully saturated rings. The molecule has 0 aromatic heterocycles. The fourth-order valence-electron chi connectivity index (χ4n) is 2.57. The lowest BCUT2D eigenvalue weighted by molar-refractivity contribution is 0.641. The van der Waals surface area contributed by atoms with Crippen molar-refractivity contribution in [3.8, 4) is 6.07 Å². The molecule has 0 aromatic carbocycles. The largest absolute Gasteiger partial charge is 0.198 e. The van der Waals surface area contributed by atoms with Gasteiger partial charge < -0.3 is 0 Å². The molecule has 90 valence electrons. The molecule has 0 N–H and O–H groups in total. The zero-order valence-electron chi connectivity index (χ0n) is 10.7. The van der Waals surface area contributed by atoms with Crippen molar-refractivity contribution in [2.24, 2.45) is 5.92 Å². The van der Waals surface area contributed by atoms with E-state index in [-0.39, 0.29) is 0 Å². The zero-order valence-corrected chi connectivity index (χ0v) is 10.7. The predicted octanol–water partition coefficient (Wildman–Crippen LogP) is 4.99. The van der Waals surface area contributed by atoms with E-state index in [1.165, 1.54) is 56.9 Å². The van der Waals surface area contributed by atoms with Crippen LogP contribution in [-0.2, 0) is 0 Å². The lowest BCUT2D eigenvalue weighted by Crippen LogP contribution is -1.92. The highest BCUT2D eigenvalue weighted by atomic mass is 14.2. The van der Waals surface area contributed by atoms with E-state index in [0.29, 0.717) is 6.42 Å². The van der Waals surface area contributed by atoms with E-state index in [9.17, 15) is 0 Å². The van der Waals surface area contributed by atoms with Gasteiger partial charge >= 0.3 is 0 Å². The van der Waals surface area contributed by atoms with Crippen LogP contribution in [0.15, 0.2) is 11.6 Å². The van der Waals surface area contributed by atoms with E-state index < -0.39 is 0 Å². The summed E-state index contributed by atoms with van der Waals surface area (Å²) in [4.78, 5) is 0. The van der Waals surface area contributed by atoms with Crippen LogP contribution >= 0.6 is 0 Å². The van der Waals surface area contributed by atoms with Crippen LogP contribution in [0.1, 0.15) is 71.1 Å². The second-order valence-electron chi connectivity index (χ2n) is 5.02. The Morgan fingerprint density at radius 3 is 2.62 bits per heavy atom. The van der Waals surface area contributed by atoms with Gasteiger partial charge in [-0.25, -0.2) is 0 Å². The fraction of sp³-hybridized carbons (Fsp3) is 0.800. The Bertz CT molecular complexity index is 241. The maximum atomic E-state index is 8.82. The molecule has 0 radical (unpaired) electrons. The third kappa shape index (κ3) is 5.35. The summed E-state index contributed by atoms with van der Waals surface area (Å²) in [5, 5.41) is 8.82. The van der Waals surface area contributed by atoms with E-state index in [2.05, 4.69) is 19.1 Å². The van der Waals surface area contributed by atoms with E-state index in [4.69, 9.17) is 5.26 Å². The van der Waals surface area contributed by atoms with Crippen LogP contribution in [0.2, 0.25) is 0 Å². The molecular weight excluding hydrogens is 194 g/mol. The van der Waals surface area contributed by atoms with Crippen LogP contribution in [0.25, 0.3) is 0 Å². The third-order valence-electron chi connectivity index (χ3n) is 3.53. The number of nitrogens with zero attached hydrogens (tertiary/aromatic N) is 1. The molecule has 0 atom stereocenters. The third-order valence-corrected chi connectivity index (χ3v) is 3.53. The minimum Gasteiger partial charge on any atom is -0.198 e. The Labute approximate surface area is 101 Å². The molecule has 0 saturated heterocycles. The van der Waals surface area contributed by atoms with Crippen LogP contribution in [-0.4, -0.2) is 0 Å². The molecule has 0 amide bonds. The van der Waals surface area contributed by atoms with Gasteiger partial charge in [0.2, 0.25) is 0 Å². The lowest BCUT2D eigenvalue weighted by atomic mass is 9.98. The molecule has 0 unspecified atom stereocenters. The first-order valence-electron chi connectivity index (χ1n) is 6.93. The molecule has 0 heterocycles. The van der Waals surface area contributed by atoms with Gasteiger partial charge in [0.15, 0.2) is 0 Å². The van der Waals surface area contributed by atoms with Crippen LogP contribution in [0.3, 0.4) is 0 Å². The van der Waals surface area contributed by atoms with Gasteiger partial charge in [-0.2, -0.15) is 5.26 Å². The van der Waals surface area contributed by atoms with Crippen molar-refractivity contribution in [3.63, 3.8) is 0 Å². The number of hydrogen-bond acceptors (Lipinski definition) is 1. The van der Waals surface area contributed by atoms with E-state index in [1.54, 1.807) is 0 Å². The van der Waals surface area contributed by atoms with E-state index >= 15 is 0 Å². The fourth-order valence-corrected chi connectivity index (χ4v) is 2.57. The molecular formula is C15H25N. The Morgan fingerprint density at radius 1 is 1.25 bits per heavy atom. The summed E-state index contributed by atoms with van der Waals surface area (Å²) in [5.41, 5.74) is 1.41. The predicted molar refractivity (Wildman–Crippen MR) is 69.0 cm³/mol. The Morgan fingerprint density at radius 2 is 2.00 bits per heavy atom. The number of rotatable bonds is 7. The minimum absolute atomic E-state index is 0.655. The second-order valence-corrected chi connectivity index (χ2v) is 5.02. The van der Waals surface area contributed by atoms with Crippen molar-refractivity contribution in [1.82, 2.24) is 0 Å². The van der Waals surface area contributed by atoms with Crippen molar-refractivity contribution in [2.45, 2.75) is 71.1 Å². The quantitative estimate of drug-likeness (QED) is 0.437. The monoisotopic (exact) mass is 219 g/mol. The number of unbranched alkanes of at least 4 members (excludes halogenated alkanes) is 3. The van der Waals surface area contributed by atoms with Gasteiger partial charge in [0, 0.05) is 0 Å². The molecule has 1 rings (SSSR count). The Balaban J connectivity index is 2.31. The molecule has 16 heavy (non-hydrogen) atoms. The first-order valence-corrected chi connectivity index (χ1v) is 6.93. The molecule has 0 aliphatic heterocycles. The maximum absolute atomic E-state index is 8.82. The Kier molecular flexibility index (Phi) is 6.97. The zero-order chi connectivity index (χ0) is 11.6. The average molecular weight is 219 g/mol.